The fourth-order valence-corrected chi connectivity index (χ4v) is 3.84. The minimum Gasteiger partial charge on any atom is -0.497 e. The molecule has 0 bridgehead atoms. The Hall–Kier alpha value is -4.07. The molecule has 35 heavy (non-hydrogen) atoms. The van der Waals surface area contributed by atoms with E-state index in [0.29, 0.717) is 55.6 Å². The summed E-state index contributed by atoms with van der Waals surface area (Å²) < 4.78 is 16.5. The largest absolute Gasteiger partial charge is 0.497 e. The first-order valence-corrected chi connectivity index (χ1v) is 11.6. The zero-order valence-corrected chi connectivity index (χ0v) is 19.7. The van der Waals surface area contributed by atoms with Gasteiger partial charge in [-0.2, -0.15) is 0 Å². The van der Waals surface area contributed by atoms with Crippen molar-refractivity contribution < 1.29 is 23.8 Å². The average molecular weight is 476 g/mol. The summed E-state index contributed by atoms with van der Waals surface area (Å²) in [6.45, 7) is 1.49. The third-order valence-electron chi connectivity index (χ3n) is 5.85. The summed E-state index contributed by atoms with van der Waals surface area (Å²) >= 11 is 0. The monoisotopic (exact) mass is 475 g/mol. The number of hydrogen-bond acceptors (Lipinski definition) is 6. The summed E-state index contributed by atoms with van der Waals surface area (Å²) in [6.07, 6.45) is 2.95. The van der Waals surface area contributed by atoms with Gasteiger partial charge in [0.05, 0.1) is 7.11 Å². The number of benzene rings is 2. The van der Waals surface area contributed by atoms with Crippen LogP contribution < -0.4 is 19.5 Å². The van der Waals surface area contributed by atoms with Gasteiger partial charge < -0.3 is 24.4 Å². The Balaban J connectivity index is 1.18. The molecule has 2 heterocycles. The number of hydrogen-bond donors (Lipinski definition) is 1. The van der Waals surface area contributed by atoms with Crippen LogP contribution in [-0.4, -0.2) is 48.5 Å². The van der Waals surface area contributed by atoms with Gasteiger partial charge in [-0.15, -0.1) is 0 Å². The summed E-state index contributed by atoms with van der Waals surface area (Å²) in [5.74, 6) is 2.29. The number of nitrogens with one attached hydrogen (secondary N) is 1. The fourth-order valence-electron chi connectivity index (χ4n) is 3.84. The second-order valence-electron chi connectivity index (χ2n) is 8.26. The predicted octanol–water partition coefficient (Wildman–Crippen LogP) is 3.82. The molecule has 0 atom stereocenters. The van der Waals surface area contributed by atoms with Gasteiger partial charge >= 0.3 is 0 Å². The molecular weight excluding hydrogens is 446 g/mol. The van der Waals surface area contributed by atoms with Crippen LogP contribution in [0.3, 0.4) is 0 Å². The maximum absolute atomic E-state index is 12.6. The van der Waals surface area contributed by atoms with Gasteiger partial charge in [-0.05, 0) is 42.7 Å². The van der Waals surface area contributed by atoms with Gasteiger partial charge in [-0.3, -0.25) is 9.59 Å². The highest BCUT2D eigenvalue weighted by atomic mass is 16.5. The van der Waals surface area contributed by atoms with Crippen LogP contribution in [-0.2, 0) is 16.1 Å². The Morgan fingerprint density at radius 2 is 1.71 bits per heavy atom. The highest BCUT2D eigenvalue weighted by Crippen LogP contribution is 2.24. The summed E-state index contributed by atoms with van der Waals surface area (Å²) in [7, 11) is 1.60. The molecule has 0 radical (unpaired) electrons. The van der Waals surface area contributed by atoms with Crippen molar-refractivity contribution in [3.8, 4) is 23.1 Å². The summed E-state index contributed by atoms with van der Waals surface area (Å²) in [5.41, 5.74) is 0.877. The maximum Gasteiger partial charge on any atom is 0.260 e. The quantitative estimate of drug-likeness (QED) is 0.506. The molecule has 1 saturated heterocycles. The first kappa shape index (κ1) is 24.1. The van der Waals surface area contributed by atoms with Crippen molar-refractivity contribution in [1.82, 2.24) is 15.2 Å². The number of nitrogens with zero attached hydrogens (tertiary/aromatic N) is 2. The minimum absolute atomic E-state index is 0.00524. The zero-order valence-electron chi connectivity index (χ0n) is 19.7. The predicted molar refractivity (Wildman–Crippen MR) is 130 cm³/mol. The number of methoxy groups -OCH3 is 1. The van der Waals surface area contributed by atoms with Crippen LogP contribution in [0.25, 0.3) is 0 Å². The van der Waals surface area contributed by atoms with E-state index in [-0.39, 0.29) is 24.3 Å². The summed E-state index contributed by atoms with van der Waals surface area (Å²) in [5, 5.41) is 2.98. The molecule has 8 nitrogen and oxygen atoms in total. The van der Waals surface area contributed by atoms with E-state index < -0.39 is 0 Å². The standard InChI is InChI=1S/C27H29N3O5/c1-33-23-8-5-9-24(16-23)35-25-11-10-20(17-28-25)18-29-27(32)21-12-14-30(15-13-21)26(31)19-34-22-6-3-2-4-7-22/h2-11,16-17,21H,12-15,18-19H2,1H3,(H,29,32). The lowest BCUT2D eigenvalue weighted by Gasteiger charge is -2.31. The van der Waals surface area contributed by atoms with Crippen molar-refractivity contribution in [1.29, 1.82) is 0 Å². The van der Waals surface area contributed by atoms with Crippen LogP contribution in [0.2, 0.25) is 0 Å². The van der Waals surface area contributed by atoms with E-state index >= 15 is 0 Å². The van der Waals surface area contributed by atoms with Crippen LogP contribution in [0.4, 0.5) is 0 Å². The number of rotatable bonds is 9. The summed E-state index contributed by atoms with van der Waals surface area (Å²) in [6, 6.07) is 20.2. The second-order valence-corrected chi connectivity index (χ2v) is 8.26. The molecular formula is C27H29N3O5. The van der Waals surface area contributed by atoms with E-state index in [9.17, 15) is 9.59 Å². The number of amides is 2. The number of pyridine rings is 1. The Kier molecular flexibility index (Phi) is 8.17. The van der Waals surface area contributed by atoms with Crippen molar-refractivity contribution in [3.05, 3.63) is 78.5 Å². The van der Waals surface area contributed by atoms with Crippen molar-refractivity contribution in [2.45, 2.75) is 19.4 Å². The smallest absolute Gasteiger partial charge is 0.260 e. The molecule has 1 fully saturated rings. The van der Waals surface area contributed by atoms with Crippen LogP contribution in [0, 0.1) is 5.92 Å². The first-order chi connectivity index (χ1) is 17.1. The number of carbonyl (C=O) groups is 2. The van der Waals surface area contributed by atoms with Crippen molar-refractivity contribution in [3.63, 3.8) is 0 Å². The van der Waals surface area contributed by atoms with Crippen LogP contribution in [0.1, 0.15) is 18.4 Å². The van der Waals surface area contributed by atoms with Gasteiger partial charge in [0.2, 0.25) is 11.8 Å². The van der Waals surface area contributed by atoms with E-state index in [1.807, 2.05) is 54.6 Å². The average Bonchev–Trinajstić information content (AvgIpc) is 2.92. The molecule has 0 saturated carbocycles. The number of para-hydroxylation sites is 1. The third kappa shape index (κ3) is 6.96. The number of ether oxygens (including phenoxy) is 3. The first-order valence-electron chi connectivity index (χ1n) is 11.6. The van der Waals surface area contributed by atoms with Crippen molar-refractivity contribution >= 4 is 11.8 Å². The van der Waals surface area contributed by atoms with Crippen LogP contribution >= 0.6 is 0 Å². The molecule has 182 valence electrons. The zero-order chi connectivity index (χ0) is 24.5. The lowest BCUT2D eigenvalue weighted by Crippen LogP contribution is -2.44. The molecule has 1 N–H and O–H groups in total. The van der Waals surface area contributed by atoms with Gasteiger partial charge in [0, 0.05) is 43.9 Å². The van der Waals surface area contributed by atoms with E-state index in [1.54, 1.807) is 30.3 Å². The molecule has 2 aromatic carbocycles. The van der Waals surface area contributed by atoms with Gasteiger partial charge in [-0.25, -0.2) is 4.98 Å². The molecule has 8 heteroatoms. The van der Waals surface area contributed by atoms with Gasteiger partial charge in [-0.1, -0.05) is 30.3 Å². The third-order valence-corrected chi connectivity index (χ3v) is 5.85. The van der Waals surface area contributed by atoms with Gasteiger partial charge in [0.1, 0.15) is 17.2 Å². The molecule has 1 aliphatic heterocycles. The number of piperidine rings is 1. The molecule has 1 aromatic heterocycles. The lowest BCUT2D eigenvalue weighted by atomic mass is 9.96. The minimum atomic E-state index is -0.113. The fraction of sp³-hybridized carbons (Fsp3) is 0.296. The highest BCUT2D eigenvalue weighted by Gasteiger charge is 2.27. The maximum atomic E-state index is 12.6. The second kappa shape index (κ2) is 11.9. The Bertz CT molecular complexity index is 1110. The summed E-state index contributed by atoms with van der Waals surface area (Å²) in [4.78, 5) is 31.1. The molecule has 0 aliphatic carbocycles. The van der Waals surface area contributed by atoms with E-state index in [1.165, 1.54) is 0 Å². The Labute approximate surface area is 204 Å². The molecule has 2 amide bonds. The number of likely N-dealkylation sites (tertiary alicyclic amines) is 1. The molecule has 4 rings (SSSR count). The number of carbonyl (C=O) groups excluding carboxylic acids is 2. The van der Waals surface area contributed by atoms with E-state index in [0.717, 1.165) is 5.56 Å². The number of aromatic nitrogens is 1. The normalized spacial score (nSPS) is 13.7. The van der Waals surface area contributed by atoms with Crippen molar-refractivity contribution in [2.24, 2.45) is 5.92 Å². The molecule has 3 aromatic rings. The van der Waals surface area contributed by atoms with Crippen LogP contribution in [0.5, 0.6) is 23.1 Å². The lowest BCUT2D eigenvalue weighted by molar-refractivity contribution is -0.137. The SMILES string of the molecule is COc1cccc(Oc2ccc(CNC(=O)C3CCN(C(=O)COc4ccccc4)CC3)cn2)c1. The van der Waals surface area contributed by atoms with Gasteiger partial charge in [0.25, 0.3) is 5.91 Å². The van der Waals surface area contributed by atoms with E-state index in [2.05, 4.69) is 10.3 Å². The topological polar surface area (TPSA) is 90.0 Å². The molecule has 0 spiro atoms. The van der Waals surface area contributed by atoms with Crippen LogP contribution in [0.15, 0.2) is 72.9 Å². The molecule has 1 aliphatic rings. The highest BCUT2D eigenvalue weighted by molar-refractivity contribution is 5.80. The molecule has 0 unspecified atom stereocenters. The van der Waals surface area contributed by atoms with E-state index in [4.69, 9.17) is 14.2 Å². The van der Waals surface area contributed by atoms with Crippen molar-refractivity contribution in [2.75, 3.05) is 26.8 Å². The Morgan fingerprint density at radius 1 is 0.971 bits per heavy atom. The van der Waals surface area contributed by atoms with Gasteiger partial charge in [0.15, 0.2) is 6.61 Å². The Morgan fingerprint density at radius 3 is 2.43 bits per heavy atom.